The zero-order chi connectivity index (χ0) is 20.0. The molecule has 2 aromatic carbocycles. The van der Waals surface area contributed by atoms with E-state index in [1.165, 1.54) is 32.2 Å². The van der Waals surface area contributed by atoms with Crippen LogP contribution >= 0.6 is 0 Å². The molecule has 0 aliphatic rings. The number of aryl methyl sites for hydroxylation is 1. The van der Waals surface area contributed by atoms with Crippen LogP contribution in [0.2, 0.25) is 0 Å². The van der Waals surface area contributed by atoms with Crippen molar-refractivity contribution in [3.05, 3.63) is 65.5 Å². The number of hydrogen-bond donors (Lipinski definition) is 1. The second-order valence-corrected chi connectivity index (χ2v) is 6.14. The molecule has 0 fully saturated rings. The minimum Gasteiger partial charge on any atom is -0.449 e. The summed E-state index contributed by atoms with van der Waals surface area (Å²) >= 11 is 0. The highest BCUT2D eigenvalue weighted by molar-refractivity contribution is 5.96. The van der Waals surface area contributed by atoms with Crippen LogP contribution in [0.1, 0.15) is 22.8 Å². The Hall–Kier alpha value is -3.22. The van der Waals surface area contributed by atoms with Crippen molar-refractivity contribution in [2.75, 3.05) is 18.9 Å². The molecular weight excluding hydrogens is 351 g/mol. The number of benzene rings is 2. The molecule has 2 aromatic rings. The first-order valence-corrected chi connectivity index (χ1v) is 8.35. The summed E-state index contributed by atoms with van der Waals surface area (Å²) in [5.74, 6) is -2.62. The summed E-state index contributed by atoms with van der Waals surface area (Å²) in [6.45, 7) is 3.09. The van der Waals surface area contributed by atoms with Crippen molar-refractivity contribution in [2.45, 2.75) is 20.0 Å². The van der Waals surface area contributed by atoms with E-state index in [0.717, 1.165) is 16.5 Å². The molecule has 0 spiro atoms. The van der Waals surface area contributed by atoms with Crippen LogP contribution < -0.4 is 5.32 Å². The lowest BCUT2D eigenvalue weighted by Gasteiger charge is -2.21. The third kappa shape index (κ3) is 5.64. The van der Waals surface area contributed by atoms with Crippen LogP contribution in [0, 0.1) is 12.7 Å². The van der Waals surface area contributed by atoms with Crippen molar-refractivity contribution in [2.24, 2.45) is 0 Å². The summed E-state index contributed by atoms with van der Waals surface area (Å²) in [7, 11) is 1.42. The van der Waals surface area contributed by atoms with Crippen LogP contribution in [-0.2, 0) is 14.3 Å². The van der Waals surface area contributed by atoms with Gasteiger partial charge in [0.1, 0.15) is 5.82 Å². The number of hydrogen-bond acceptors (Lipinski definition) is 4. The number of nitrogens with one attached hydrogen (secondary N) is 1. The predicted molar refractivity (Wildman–Crippen MR) is 98.7 cm³/mol. The van der Waals surface area contributed by atoms with Crippen LogP contribution in [0.3, 0.4) is 0 Å². The first-order valence-electron chi connectivity index (χ1n) is 8.35. The molecular formula is C20H21FN2O4. The molecule has 27 heavy (non-hydrogen) atoms. The SMILES string of the molecule is Cc1ccc(NC(=O)CN(C)C(=O)[C@H](C)OC(=O)c2ccccc2F)cc1. The molecule has 2 amide bonds. The summed E-state index contributed by atoms with van der Waals surface area (Å²) in [6.07, 6.45) is -1.16. The molecule has 0 aliphatic heterocycles. The Morgan fingerprint density at radius 1 is 1.11 bits per heavy atom. The van der Waals surface area contributed by atoms with Crippen molar-refractivity contribution < 1.29 is 23.5 Å². The van der Waals surface area contributed by atoms with Crippen molar-refractivity contribution in [1.29, 1.82) is 0 Å². The average molecular weight is 372 g/mol. The molecule has 0 saturated carbocycles. The van der Waals surface area contributed by atoms with Gasteiger partial charge in [-0.05, 0) is 38.1 Å². The van der Waals surface area contributed by atoms with E-state index in [1.807, 2.05) is 19.1 Å². The molecule has 2 rings (SSSR count). The third-order valence-corrected chi connectivity index (χ3v) is 3.82. The molecule has 0 heterocycles. The van der Waals surface area contributed by atoms with E-state index in [4.69, 9.17) is 4.74 Å². The van der Waals surface area contributed by atoms with E-state index in [9.17, 15) is 18.8 Å². The third-order valence-electron chi connectivity index (χ3n) is 3.82. The number of esters is 1. The van der Waals surface area contributed by atoms with E-state index >= 15 is 0 Å². The number of likely N-dealkylation sites (N-methyl/N-ethyl adjacent to an activating group) is 1. The number of nitrogens with zero attached hydrogens (tertiary/aromatic N) is 1. The molecule has 0 bridgehead atoms. The quantitative estimate of drug-likeness (QED) is 0.791. The van der Waals surface area contributed by atoms with Gasteiger partial charge in [0.05, 0.1) is 12.1 Å². The zero-order valence-electron chi connectivity index (χ0n) is 15.4. The van der Waals surface area contributed by atoms with Gasteiger partial charge in [0.25, 0.3) is 5.91 Å². The monoisotopic (exact) mass is 372 g/mol. The van der Waals surface area contributed by atoms with Gasteiger partial charge < -0.3 is 15.0 Å². The van der Waals surface area contributed by atoms with E-state index in [1.54, 1.807) is 12.1 Å². The smallest absolute Gasteiger partial charge is 0.341 e. The van der Waals surface area contributed by atoms with Crippen LogP contribution in [-0.4, -0.2) is 42.4 Å². The molecule has 6 nitrogen and oxygen atoms in total. The molecule has 0 aliphatic carbocycles. The predicted octanol–water partition coefficient (Wildman–Crippen LogP) is 2.78. The van der Waals surface area contributed by atoms with E-state index in [2.05, 4.69) is 5.32 Å². The lowest BCUT2D eigenvalue weighted by Crippen LogP contribution is -2.41. The fourth-order valence-corrected chi connectivity index (χ4v) is 2.34. The van der Waals surface area contributed by atoms with Crippen molar-refractivity contribution in [1.82, 2.24) is 4.90 Å². The van der Waals surface area contributed by atoms with E-state index in [0.29, 0.717) is 5.69 Å². The second kappa shape index (κ2) is 8.93. The van der Waals surface area contributed by atoms with Gasteiger partial charge in [0, 0.05) is 12.7 Å². The van der Waals surface area contributed by atoms with Crippen molar-refractivity contribution in [3.63, 3.8) is 0 Å². The van der Waals surface area contributed by atoms with Crippen LogP contribution in [0.15, 0.2) is 48.5 Å². The van der Waals surface area contributed by atoms with Gasteiger partial charge in [-0.2, -0.15) is 0 Å². The van der Waals surface area contributed by atoms with Gasteiger partial charge in [-0.15, -0.1) is 0 Å². The number of ether oxygens (including phenoxy) is 1. The first kappa shape index (κ1) is 20.1. The number of halogens is 1. The Bertz CT molecular complexity index is 836. The minimum absolute atomic E-state index is 0.214. The molecule has 0 unspecified atom stereocenters. The normalized spacial score (nSPS) is 11.4. The molecule has 7 heteroatoms. The molecule has 142 valence electrons. The average Bonchev–Trinajstić information content (AvgIpc) is 2.63. The van der Waals surface area contributed by atoms with Crippen LogP contribution in [0.25, 0.3) is 0 Å². The Morgan fingerprint density at radius 3 is 2.37 bits per heavy atom. The zero-order valence-corrected chi connectivity index (χ0v) is 15.4. The van der Waals surface area contributed by atoms with E-state index in [-0.39, 0.29) is 18.0 Å². The Balaban J connectivity index is 1.89. The second-order valence-electron chi connectivity index (χ2n) is 6.14. The Morgan fingerprint density at radius 2 is 1.74 bits per heavy atom. The summed E-state index contributed by atoms with van der Waals surface area (Å²) < 4.78 is 18.6. The molecule has 1 atom stereocenters. The maximum atomic E-state index is 13.6. The molecule has 0 radical (unpaired) electrons. The maximum Gasteiger partial charge on any atom is 0.341 e. The van der Waals surface area contributed by atoms with Gasteiger partial charge in [-0.25, -0.2) is 9.18 Å². The largest absolute Gasteiger partial charge is 0.449 e. The lowest BCUT2D eigenvalue weighted by atomic mass is 10.2. The number of rotatable bonds is 6. The molecule has 0 saturated heterocycles. The summed E-state index contributed by atoms with van der Waals surface area (Å²) in [5, 5.41) is 2.68. The number of amides is 2. The van der Waals surface area contributed by atoms with Crippen molar-refractivity contribution in [3.8, 4) is 0 Å². The number of carbonyl (C=O) groups excluding carboxylic acids is 3. The van der Waals surface area contributed by atoms with E-state index < -0.39 is 23.8 Å². The highest BCUT2D eigenvalue weighted by Crippen LogP contribution is 2.11. The van der Waals surface area contributed by atoms with Gasteiger partial charge in [0.2, 0.25) is 5.91 Å². The minimum atomic E-state index is -1.16. The Kier molecular flexibility index (Phi) is 6.65. The number of carbonyl (C=O) groups is 3. The van der Waals surface area contributed by atoms with Gasteiger partial charge in [-0.3, -0.25) is 9.59 Å². The molecule has 0 aromatic heterocycles. The topological polar surface area (TPSA) is 75.7 Å². The molecule has 1 N–H and O–H groups in total. The van der Waals surface area contributed by atoms with Crippen LogP contribution in [0.4, 0.5) is 10.1 Å². The highest BCUT2D eigenvalue weighted by atomic mass is 19.1. The Labute approximate surface area is 156 Å². The van der Waals surface area contributed by atoms with Crippen LogP contribution in [0.5, 0.6) is 0 Å². The number of anilines is 1. The van der Waals surface area contributed by atoms with Gasteiger partial charge in [-0.1, -0.05) is 29.8 Å². The summed E-state index contributed by atoms with van der Waals surface area (Å²) in [4.78, 5) is 37.5. The lowest BCUT2D eigenvalue weighted by molar-refractivity contribution is -0.140. The van der Waals surface area contributed by atoms with Gasteiger partial charge >= 0.3 is 5.97 Å². The maximum absolute atomic E-state index is 13.6. The summed E-state index contributed by atoms with van der Waals surface area (Å²) in [6, 6.07) is 12.6. The fraction of sp³-hybridized carbons (Fsp3) is 0.250. The first-order chi connectivity index (χ1) is 12.8. The highest BCUT2D eigenvalue weighted by Gasteiger charge is 2.24. The summed E-state index contributed by atoms with van der Waals surface area (Å²) in [5.41, 5.74) is 1.42. The van der Waals surface area contributed by atoms with Crippen molar-refractivity contribution >= 4 is 23.5 Å². The standard InChI is InChI=1S/C20H21FN2O4/c1-13-8-10-15(11-9-13)22-18(24)12-23(3)19(25)14(2)27-20(26)16-6-4-5-7-17(16)21/h4-11,14H,12H2,1-3H3,(H,22,24)/t14-/m0/s1. The fourth-order valence-electron chi connectivity index (χ4n) is 2.34. The van der Waals surface area contributed by atoms with Gasteiger partial charge in [0.15, 0.2) is 6.10 Å².